The number of rotatable bonds is 6. The van der Waals surface area contributed by atoms with Crippen molar-refractivity contribution in [3.05, 3.63) is 80.1 Å². The summed E-state index contributed by atoms with van der Waals surface area (Å²) in [7, 11) is 1.50. The van der Waals surface area contributed by atoms with E-state index in [1.54, 1.807) is 19.9 Å². The molecule has 0 radical (unpaired) electrons. The Labute approximate surface area is 265 Å². The number of amides is 1. The van der Waals surface area contributed by atoms with Crippen LogP contribution < -0.4 is 9.64 Å². The molecule has 0 saturated heterocycles. The Kier molecular flexibility index (Phi) is 7.55. The number of carbonyl (C=O) groups is 3. The fourth-order valence-electron chi connectivity index (χ4n) is 6.16. The number of thioether (sulfide) groups is 1. The number of hydrogen-bond acceptors (Lipinski definition) is 10. The van der Waals surface area contributed by atoms with E-state index in [9.17, 15) is 24.6 Å². The van der Waals surface area contributed by atoms with E-state index in [1.165, 1.54) is 18.8 Å². The van der Waals surface area contributed by atoms with Gasteiger partial charge in [0.15, 0.2) is 0 Å². The van der Waals surface area contributed by atoms with E-state index in [0.717, 1.165) is 42.9 Å². The zero-order valence-electron chi connectivity index (χ0n) is 26.1. The molecule has 2 N–H and O–H groups in total. The van der Waals surface area contributed by atoms with Gasteiger partial charge in [0.25, 0.3) is 5.91 Å². The molecule has 0 fully saturated rings. The lowest BCUT2D eigenvalue weighted by molar-refractivity contribution is -0.162. The van der Waals surface area contributed by atoms with Gasteiger partial charge < -0.3 is 24.6 Å². The number of esters is 1. The third-order valence-electron chi connectivity index (χ3n) is 9.00. The highest BCUT2D eigenvalue weighted by atomic mass is 32.2. The molecule has 45 heavy (non-hydrogen) atoms. The van der Waals surface area contributed by atoms with Gasteiger partial charge >= 0.3 is 5.97 Å². The van der Waals surface area contributed by atoms with Crippen LogP contribution in [0.5, 0.6) is 11.5 Å². The Morgan fingerprint density at radius 3 is 2.53 bits per heavy atom. The predicted octanol–water partition coefficient (Wildman–Crippen LogP) is 5.33. The van der Waals surface area contributed by atoms with Gasteiger partial charge in [0.05, 0.1) is 39.8 Å². The number of aliphatic hydroxyl groups is 1. The van der Waals surface area contributed by atoms with Crippen LogP contribution in [0.1, 0.15) is 48.9 Å². The lowest BCUT2D eigenvalue weighted by Gasteiger charge is -2.36. The van der Waals surface area contributed by atoms with E-state index >= 15 is 0 Å². The van der Waals surface area contributed by atoms with Crippen molar-refractivity contribution in [3.8, 4) is 11.5 Å². The largest absolute Gasteiger partial charge is 0.507 e. The molecule has 0 aromatic heterocycles. The topological polar surface area (TPSA) is 129 Å². The van der Waals surface area contributed by atoms with Gasteiger partial charge in [-0.25, -0.2) is 9.80 Å². The highest BCUT2D eigenvalue weighted by Gasteiger charge is 2.43. The Bertz CT molecular complexity index is 1820. The van der Waals surface area contributed by atoms with Crippen molar-refractivity contribution in [1.29, 1.82) is 0 Å². The quantitative estimate of drug-likeness (QED) is 0.248. The number of ether oxygens (including phenoxy) is 2. The summed E-state index contributed by atoms with van der Waals surface area (Å²) < 4.78 is 12.0. The second-order valence-corrected chi connectivity index (χ2v) is 13.0. The number of hydrogen-bond donors (Lipinski definition) is 2. The molecule has 3 heterocycles. The average Bonchev–Trinajstić information content (AvgIpc) is 3.50. The van der Waals surface area contributed by atoms with Crippen LogP contribution in [0.3, 0.4) is 0 Å². The summed E-state index contributed by atoms with van der Waals surface area (Å²) in [6.45, 7) is 9.61. The second-order valence-electron chi connectivity index (χ2n) is 11.9. The molecule has 3 aliphatic heterocycles. The van der Waals surface area contributed by atoms with Gasteiger partial charge in [-0.05, 0) is 82.4 Å². The van der Waals surface area contributed by atoms with Gasteiger partial charge in [-0.3, -0.25) is 9.59 Å². The first-order chi connectivity index (χ1) is 21.3. The number of ketones is 1. The molecule has 234 valence electrons. The molecule has 1 aliphatic carbocycles. The number of Topliss-reactive ketones (excluding diaryl/α,β-unsaturated/α-hetero) is 1. The summed E-state index contributed by atoms with van der Waals surface area (Å²) in [5.41, 5.74) is 3.70. The van der Waals surface area contributed by atoms with Gasteiger partial charge in [0, 0.05) is 30.5 Å². The lowest BCUT2D eigenvalue weighted by atomic mass is 9.83. The Morgan fingerprint density at radius 2 is 1.84 bits per heavy atom. The molecule has 0 spiro atoms. The lowest BCUT2D eigenvalue weighted by Crippen LogP contribution is -2.46. The molecule has 0 bridgehead atoms. The maximum Gasteiger partial charge on any atom is 0.350 e. The molecule has 0 saturated carbocycles. The maximum atomic E-state index is 13.3. The third kappa shape index (κ3) is 4.89. The van der Waals surface area contributed by atoms with Crippen LogP contribution in [-0.4, -0.2) is 64.4 Å². The van der Waals surface area contributed by atoms with E-state index < -0.39 is 23.3 Å². The summed E-state index contributed by atoms with van der Waals surface area (Å²) >= 11 is 1.47. The number of nitrogens with zero attached hydrogens (tertiary/aromatic N) is 3. The number of benzene rings is 2. The second kappa shape index (κ2) is 11.1. The molecule has 11 heteroatoms. The number of anilines is 1. The summed E-state index contributed by atoms with van der Waals surface area (Å²) in [4.78, 5) is 41.9. The minimum Gasteiger partial charge on any atom is -0.507 e. The van der Waals surface area contributed by atoms with E-state index in [4.69, 9.17) is 9.47 Å². The van der Waals surface area contributed by atoms with Crippen LogP contribution in [0.25, 0.3) is 0 Å². The third-order valence-corrected chi connectivity index (χ3v) is 10.1. The number of phenolic OH excluding ortho intramolecular Hbond substituents is 1. The van der Waals surface area contributed by atoms with Crippen LogP contribution in [0.2, 0.25) is 0 Å². The number of para-hydroxylation sites is 1. The molecule has 2 aromatic rings. The van der Waals surface area contributed by atoms with Crippen LogP contribution >= 0.6 is 11.8 Å². The number of carbonyl (C=O) groups excluding carboxylic acids is 3. The smallest absolute Gasteiger partial charge is 0.350 e. The summed E-state index contributed by atoms with van der Waals surface area (Å²) in [5, 5.41) is 27.3. The van der Waals surface area contributed by atoms with Crippen molar-refractivity contribution in [2.75, 3.05) is 25.1 Å². The van der Waals surface area contributed by atoms with Crippen molar-refractivity contribution in [1.82, 2.24) is 5.01 Å². The normalized spacial score (nSPS) is 23.2. The molecule has 2 aromatic carbocycles. The molecular weight excluding hydrogens is 594 g/mol. The van der Waals surface area contributed by atoms with Gasteiger partial charge in [0.1, 0.15) is 17.3 Å². The Hall–Kier alpha value is -4.51. The van der Waals surface area contributed by atoms with E-state index in [1.807, 2.05) is 49.9 Å². The van der Waals surface area contributed by atoms with Crippen LogP contribution in [-0.2, 0) is 25.5 Å². The summed E-state index contributed by atoms with van der Waals surface area (Å²) in [6, 6.07) is 7.82. The number of hydrazone groups is 1. The van der Waals surface area contributed by atoms with Gasteiger partial charge in [-0.15, -0.1) is 0 Å². The van der Waals surface area contributed by atoms with E-state index in [-0.39, 0.29) is 34.8 Å². The average molecular weight is 630 g/mol. The molecular formula is C34H35N3O7S. The molecule has 10 nitrogen and oxygen atoms in total. The minimum atomic E-state index is -1.14. The first-order valence-corrected chi connectivity index (χ1v) is 15.7. The molecule has 1 amide bonds. The number of likely N-dealkylation sites (N-methyl/N-ethyl adjacent to an activating group) is 1. The fraction of sp³-hybridized carbons (Fsp3) is 0.353. The van der Waals surface area contributed by atoms with Crippen molar-refractivity contribution in [2.45, 2.75) is 64.4 Å². The Balaban J connectivity index is 1.15. The molecule has 6 rings (SSSR count). The first-order valence-electron chi connectivity index (χ1n) is 14.8. The highest BCUT2D eigenvalue weighted by Crippen LogP contribution is 2.48. The highest BCUT2D eigenvalue weighted by molar-refractivity contribution is 8.03. The minimum absolute atomic E-state index is 0.00482. The number of phenols is 1. The zero-order chi connectivity index (χ0) is 32.4. The van der Waals surface area contributed by atoms with E-state index in [0.29, 0.717) is 37.3 Å². The standard InChI is InChI=1S/C34H35N3O7S/c1-17-18(2)31-21(19(3)28(17)38)12-13-34(5,44-31)33(42)43-15-9-14-37-23-10-7-8-11-24(23)45-25(37)16-22-29(39)27(30(22)40)26-20(4)35-36(6)32(26)41/h7-8,10-11,16,38-39H,9,12-15H2,1-6H3/b25-16-,27-26+. The van der Waals surface area contributed by atoms with Crippen molar-refractivity contribution < 1.29 is 34.1 Å². The van der Waals surface area contributed by atoms with Crippen molar-refractivity contribution >= 4 is 40.8 Å². The fourth-order valence-corrected chi connectivity index (χ4v) is 7.29. The first kappa shape index (κ1) is 30.5. The van der Waals surface area contributed by atoms with E-state index in [2.05, 4.69) is 5.10 Å². The van der Waals surface area contributed by atoms with Crippen LogP contribution in [0.4, 0.5) is 5.69 Å². The monoisotopic (exact) mass is 629 g/mol. The van der Waals surface area contributed by atoms with Crippen molar-refractivity contribution in [3.63, 3.8) is 0 Å². The molecule has 1 unspecified atom stereocenters. The van der Waals surface area contributed by atoms with Gasteiger partial charge in [-0.1, -0.05) is 23.9 Å². The number of aliphatic hydroxyl groups excluding tert-OH is 1. The summed E-state index contributed by atoms with van der Waals surface area (Å²) in [5.74, 6) is -0.583. The molecule has 4 aliphatic rings. The van der Waals surface area contributed by atoms with Crippen LogP contribution in [0.15, 0.2) is 67.8 Å². The van der Waals surface area contributed by atoms with Gasteiger partial charge in [0.2, 0.25) is 11.4 Å². The van der Waals surface area contributed by atoms with Crippen molar-refractivity contribution in [2.24, 2.45) is 5.10 Å². The predicted molar refractivity (Wildman–Crippen MR) is 171 cm³/mol. The zero-order valence-corrected chi connectivity index (χ0v) is 26.9. The number of aromatic hydroxyl groups is 1. The SMILES string of the molecule is CC1=NN(C)C(=O)/C1=C1/C(=O)C(/C=C2\Sc3ccccc3N2CCCOC(=O)C2(C)CCc3c(C)c(O)c(C)c(C)c3O2)=C1O. The number of fused-ring (bicyclic) bond motifs is 2. The molecule has 1 atom stereocenters. The number of allylic oxidation sites excluding steroid dienone is 3. The Morgan fingerprint density at radius 1 is 1.11 bits per heavy atom. The van der Waals surface area contributed by atoms with Gasteiger partial charge in [-0.2, -0.15) is 5.10 Å². The maximum absolute atomic E-state index is 13.3. The summed E-state index contributed by atoms with van der Waals surface area (Å²) in [6.07, 6.45) is 3.17. The van der Waals surface area contributed by atoms with Crippen LogP contribution in [0, 0.1) is 20.8 Å².